The van der Waals surface area contributed by atoms with Crippen LogP contribution < -0.4 is 10.1 Å². The normalized spacial score (nSPS) is 17.0. The smallest absolute Gasteiger partial charge is 0.252 e. The Labute approximate surface area is 126 Å². The molecule has 0 spiro atoms. The van der Waals surface area contributed by atoms with E-state index in [4.69, 9.17) is 4.74 Å². The lowest BCUT2D eigenvalue weighted by Gasteiger charge is -2.21. The van der Waals surface area contributed by atoms with Gasteiger partial charge in [0.2, 0.25) is 0 Å². The minimum absolute atomic E-state index is 0.250. The predicted octanol–water partition coefficient (Wildman–Crippen LogP) is 2.64. The van der Waals surface area contributed by atoms with Gasteiger partial charge in [-0.2, -0.15) is 0 Å². The average molecular weight is 291 g/mol. The lowest BCUT2D eigenvalue weighted by molar-refractivity contribution is -0.139. The zero-order valence-electron chi connectivity index (χ0n) is 12.9. The molecule has 1 aliphatic rings. The van der Waals surface area contributed by atoms with Gasteiger partial charge in [-0.3, -0.25) is 4.79 Å². The highest BCUT2D eigenvalue weighted by Crippen LogP contribution is 2.29. The molecule has 4 heteroatoms. The van der Waals surface area contributed by atoms with Crippen molar-refractivity contribution in [1.29, 1.82) is 0 Å². The summed E-state index contributed by atoms with van der Waals surface area (Å²) in [4.78, 5) is 12.0. The van der Waals surface area contributed by atoms with Gasteiger partial charge in [0.15, 0.2) is 0 Å². The summed E-state index contributed by atoms with van der Waals surface area (Å²) in [5, 5.41) is 13.0. The van der Waals surface area contributed by atoms with Crippen LogP contribution in [0.3, 0.4) is 0 Å². The first-order valence-electron chi connectivity index (χ1n) is 7.72. The van der Waals surface area contributed by atoms with Gasteiger partial charge < -0.3 is 15.2 Å². The highest BCUT2D eigenvalue weighted by Gasteiger charge is 2.38. The summed E-state index contributed by atoms with van der Waals surface area (Å²) in [6.45, 7) is 5.35. The molecule has 2 rings (SSSR count). The Morgan fingerprint density at radius 2 is 1.90 bits per heavy atom. The van der Waals surface area contributed by atoms with Crippen molar-refractivity contribution in [2.45, 2.75) is 51.7 Å². The van der Waals surface area contributed by atoms with Crippen LogP contribution in [-0.4, -0.2) is 23.2 Å². The second-order valence-electron chi connectivity index (χ2n) is 6.27. The van der Waals surface area contributed by atoms with Crippen molar-refractivity contribution >= 4 is 5.91 Å². The van der Waals surface area contributed by atoms with Crippen molar-refractivity contribution in [2.75, 3.05) is 6.61 Å². The van der Waals surface area contributed by atoms with Crippen LogP contribution in [0.5, 0.6) is 5.75 Å². The summed E-state index contributed by atoms with van der Waals surface area (Å²) in [5.74, 6) is 1.09. The Morgan fingerprint density at radius 1 is 1.29 bits per heavy atom. The molecule has 116 valence electrons. The van der Waals surface area contributed by atoms with Gasteiger partial charge in [0.25, 0.3) is 5.91 Å². The molecule has 1 fully saturated rings. The van der Waals surface area contributed by atoms with Gasteiger partial charge in [-0.15, -0.1) is 0 Å². The number of carbonyl (C=O) groups excluding carboxylic acids is 1. The summed E-state index contributed by atoms with van der Waals surface area (Å²) in [6.07, 6.45) is 2.99. The van der Waals surface area contributed by atoms with Gasteiger partial charge in [0.05, 0.1) is 6.61 Å². The first kappa shape index (κ1) is 15.8. The average Bonchev–Trinajstić information content (AvgIpc) is 2.92. The second kappa shape index (κ2) is 6.94. The predicted molar refractivity (Wildman–Crippen MR) is 82.0 cm³/mol. The molecule has 0 bridgehead atoms. The minimum atomic E-state index is -1.15. The van der Waals surface area contributed by atoms with Crippen LogP contribution >= 0.6 is 0 Å². The van der Waals surface area contributed by atoms with Gasteiger partial charge >= 0.3 is 0 Å². The molecule has 21 heavy (non-hydrogen) atoms. The maximum Gasteiger partial charge on any atom is 0.252 e. The Balaban J connectivity index is 1.82. The molecular weight excluding hydrogens is 266 g/mol. The number of hydrogen-bond acceptors (Lipinski definition) is 3. The first-order valence-corrected chi connectivity index (χ1v) is 7.72. The van der Waals surface area contributed by atoms with E-state index in [0.29, 0.717) is 31.9 Å². The maximum absolute atomic E-state index is 12.0. The summed E-state index contributed by atoms with van der Waals surface area (Å²) in [5.41, 5.74) is -0.151. The van der Waals surface area contributed by atoms with Gasteiger partial charge in [-0.25, -0.2) is 0 Å². The zero-order valence-corrected chi connectivity index (χ0v) is 12.9. The van der Waals surface area contributed by atoms with Crippen molar-refractivity contribution in [3.63, 3.8) is 0 Å². The third-order valence-electron chi connectivity index (χ3n) is 3.81. The van der Waals surface area contributed by atoms with Crippen LogP contribution in [0.4, 0.5) is 0 Å². The monoisotopic (exact) mass is 291 g/mol. The van der Waals surface area contributed by atoms with Gasteiger partial charge in [-0.05, 0) is 49.3 Å². The number of rotatable bonds is 6. The Morgan fingerprint density at radius 3 is 2.48 bits per heavy atom. The molecule has 1 amide bonds. The quantitative estimate of drug-likeness (QED) is 0.847. The van der Waals surface area contributed by atoms with Crippen LogP contribution in [0.1, 0.15) is 45.1 Å². The Bertz CT molecular complexity index is 461. The summed E-state index contributed by atoms with van der Waals surface area (Å²) < 4.78 is 5.62. The Kier molecular flexibility index (Phi) is 5.23. The van der Waals surface area contributed by atoms with E-state index in [9.17, 15) is 9.90 Å². The fraction of sp³-hybridized carbons (Fsp3) is 0.588. The molecule has 0 atom stereocenters. The van der Waals surface area contributed by atoms with Gasteiger partial charge in [-0.1, -0.05) is 26.0 Å². The third-order valence-corrected chi connectivity index (χ3v) is 3.81. The molecule has 1 aromatic carbocycles. The number of ether oxygens (including phenoxy) is 1. The van der Waals surface area contributed by atoms with Crippen molar-refractivity contribution in [3.05, 3.63) is 29.8 Å². The van der Waals surface area contributed by atoms with Crippen molar-refractivity contribution in [2.24, 2.45) is 5.92 Å². The van der Waals surface area contributed by atoms with E-state index in [0.717, 1.165) is 24.2 Å². The molecule has 4 nitrogen and oxygen atoms in total. The van der Waals surface area contributed by atoms with Crippen LogP contribution in [0.2, 0.25) is 0 Å². The molecule has 1 saturated carbocycles. The third kappa shape index (κ3) is 4.46. The lowest BCUT2D eigenvalue weighted by atomic mass is 10.0. The van der Waals surface area contributed by atoms with E-state index in [1.807, 2.05) is 24.3 Å². The second-order valence-corrected chi connectivity index (χ2v) is 6.27. The van der Waals surface area contributed by atoms with Crippen LogP contribution in [0, 0.1) is 5.92 Å². The van der Waals surface area contributed by atoms with Crippen molar-refractivity contribution in [1.82, 2.24) is 5.32 Å². The number of aliphatic hydroxyl groups is 1. The van der Waals surface area contributed by atoms with Crippen LogP contribution in [0.25, 0.3) is 0 Å². The van der Waals surface area contributed by atoms with E-state index < -0.39 is 5.60 Å². The molecule has 0 aliphatic heterocycles. The highest BCUT2D eigenvalue weighted by molar-refractivity contribution is 5.85. The highest BCUT2D eigenvalue weighted by atomic mass is 16.5. The molecular formula is C17H25NO3. The Hall–Kier alpha value is -1.55. The van der Waals surface area contributed by atoms with E-state index in [-0.39, 0.29) is 5.91 Å². The molecule has 0 heterocycles. The van der Waals surface area contributed by atoms with Crippen LogP contribution in [0.15, 0.2) is 24.3 Å². The van der Waals surface area contributed by atoms with Crippen LogP contribution in [-0.2, 0) is 11.3 Å². The summed E-state index contributed by atoms with van der Waals surface area (Å²) in [7, 11) is 0. The maximum atomic E-state index is 12.0. The van der Waals surface area contributed by atoms with Gasteiger partial charge in [0, 0.05) is 6.54 Å². The minimum Gasteiger partial charge on any atom is -0.493 e. The van der Waals surface area contributed by atoms with E-state index in [1.54, 1.807) is 0 Å². The summed E-state index contributed by atoms with van der Waals surface area (Å²) >= 11 is 0. The van der Waals surface area contributed by atoms with Crippen molar-refractivity contribution < 1.29 is 14.6 Å². The SMILES string of the molecule is CC(C)COc1ccc(CNC(=O)C2(O)CCCC2)cc1. The molecule has 0 unspecified atom stereocenters. The number of hydrogen-bond donors (Lipinski definition) is 2. The zero-order chi connectivity index (χ0) is 15.3. The largest absolute Gasteiger partial charge is 0.493 e. The molecule has 1 aliphatic carbocycles. The van der Waals surface area contributed by atoms with E-state index >= 15 is 0 Å². The van der Waals surface area contributed by atoms with Gasteiger partial charge in [0.1, 0.15) is 11.4 Å². The number of benzene rings is 1. The van der Waals surface area contributed by atoms with E-state index in [2.05, 4.69) is 19.2 Å². The lowest BCUT2D eigenvalue weighted by Crippen LogP contribution is -2.44. The molecule has 0 aromatic heterocycles. The number of nitrogens with one attached hydrogen (secondary N) is 1. The fourth-order valence-corrected chi connectivity index (χ4v) is 2.50. The van der Waals surface area contributed by atoms with E-state index in [1.165, 1.54) is 0 Å². The molecule has 1 aromatic rings. The number of amides is 1. The standard InChI is InChI=1S/C17H25NO3/c1-13(2)12-21-15-7-5-14(6-8-15)11-18-16(19)17(20)9-3-4-10-17/h5-8,13,20H,3-4,9-12H2,1-2H3,(H,18,19). The number of carbonyl (C=O) groups is 1. The fourth-order valence-electron chi connectivity index (χ4n) is 2.50. The van der Waals surface area contributed by atoms with Crippen molar-refractivity contribution in [3.8, 4) is 5.75 Å². The molecule has 0 saturated heterocycles. The summed E-state index contributed by atoms with van der Waals surface area (Å²) in [6, 6.07) is 7.70. The topological polar surface area (TPSA) is 58.6 Å². The first-order chi connectivity index (χ1) is 9.99. The molecule has 0 radical (unpaired) electrons. The molecule has 2 N–H and O–H groups in total.